The molecule has 1 aromatic carbocycles. The highest BCUT2D eigenvalue weighted by Gasteiger charge is 2.34. The molecule has 1 aromatic rings. The minimum absolute atomic E-state index is 0.370. The number of carbonyl (C=O) groups is 1. The van der Waals surface area contributed by atoms with E-state index in [4.69, 9.17) is 4.74 Å². The molecule has 0 saturated carbocycles. The number of carbonyl (C=O) groups excluding carboxylic acids is 1. The Morgan fingerprint density at radius 1 is 1.53 bits per heavy atom. The van der Waals surface area contributed by atoms with Crippen LogP contribution in [0.4, 0.5) is 0 Å². The van der Waals surface area contributed by atoms with E-state index in [0.717, 1.165) is 5.56 Å². The van der Waals surface area contributed by atoms with Crippen LogP contribution >= 0.6 is 22.6 Å². The molecule has 0 bridgehead atoms. The number of hydrogen-bond acceptors (Lipinski definition) is 3. The van der Waals surface area contributed by atoms with Gasteiger partial charge in [0.2, 0.25) is 3.55 Å². The summed E-state index contributed by atoms with van der Waals surface area (Å²) in [6.07, 6.45) is 3.77. The summed E-state index contributed by atoms with van der Waals surface area (Å²) in [5.74, 6) is -0.370. The third-order valence-electron chi connectivity index (χ3n) is 2.13. The van der Waals surface area contributed by atoms with Crippen LogP contribution in [0.25, 0.3) is 0 Å². The molecule has 0 saturated heterocycles. The average Bonchev–Trinajstić information content (AvgIpc) is 2.37. The molecule has 0 aliphatic heterocycles. The van der Waals surface area contributed by atoms with Crippen LogP contribution in [0.5, 0.6) is 0 Å². The smallest absolute Gasteiger partial charge is 0.344 e. The summed E-state index contributed by atoms with van der Waals surface area (Å²) in [4.78, 5) is 16.0. The van der Waals surface area contributed by atoms with Crippen molar-refractivity contribution in [2.45, 2.75) is 9.97 Å². The summed E-state index contributed by atoms with van der Waals surface area (Å²) in [6, 6.07) is 9.61. The number of aliphatic imine (C=N–C) groups is 1. The summed E-state index contributed by atoms with van der Waals surface area (Å²) in [5, 5.41) is 0. The van der Waals surface area contributed by atoms with Gasteiger partial charge in [0.15, 0.2) is 0 Å². The standard InChI is InChI=1S/C13H14INO2/c1-3-9-13(14,12(16)17-2)15-10-11-7-5-4-6-8-11/h3-8,10H,1,9H2,2H3/b15-10+. The van der Waals surface area contributed by atoms with Crippen molar-refractivity contribution in [3.8, 4) is 0 Å². The number of methoxy groups -OCH3 is 1. The molecule has 0 fully saturated rings. The molecule has 0 radical (unpaired) electrons. The van der Waals surface area contributed by atoms with E-state index in [2.05, 4.69) is 11.6 Å². The molecule has 1 atom stereocenters. The summed E-state index contributed by atoms with van der Waals surface area (Å²) < 4.78 is 3.82. The topological polar surface area (TPSA) is 38.7 Å². The number of ether oxygens (including phenoxy) is 1. The third-order valence-corrected chi connectivity index (χ3v) is 3.29. The molecule has 0 amide bonds. The van der Waals surface area contributed by atoms with Crippen LogP contribution in [0.2, 0.25) is 0 Å². The van der Waals surface area contributed by atoms with Gasteiger partial charge in [-0.2, -0.15) is 0 Å². The van der Waals surface area contributed by atoms with Gasteiger partial charge in [-0.25, -0.2) is 4.79 Å². The van der Waals surface area contributed by atoms with Crippen molar-refractivity contribution in [2.24, 2.45) is 4.99 Å². The maximum atomic E-state index is 11.7. The number of esters is 1. The van der Waals surface area contributed by atoms with Crippen molar-refractivity contribution in [3.63, 3.8) is 0 Å². The summed E-state index contributed by atoms with van der Waals surface area (Å²) >= 11 is 1.98. The van der Waals surface area contributed by atoms with Gasteiger partial charge in [-0.05, 0) is 28.2 Å². The second kappa shape index (κ2) is 6.54. The van der Waals surface area contributed by atoms with E-state index in [1.165, 1.54) is 7.11 Å². The fourth-order valence-corrected chi connectivity index (χ4v) is 1.92. The van der Waals surface area contributed by atoms with Crippen LogP contribution < -0.4 is 0 Å². The molecule has 0 spiro atoms. The van der Waals surface area contributed by atoms with Gasteiger partial charge >= 0.3 is 5.97 Å². The lowest BCUT2D eigenvalue weighted by molar-refractivity contribution is -0.142. The molecule has 0 aliphatic rings. The predicted molar refractivity (Wildman–Crippen MR) is 77.6 cm³/mol. The Balaban J connectivity index is 2.90. The first-order valence-electron chi connectivity index (χ1n) is 5.11. The average molecular weight is 343 g/mol. The molecule has 17 heavy (non-hydrogen) atoms. The Hall–Kier alpha value is -1.17. The van der Waals surface area contributed by atoms with E-state index < -0.39 is 3.55 Å². The number of rotatable bonds is 5. The van der Waals surface area contributed by atoms with Crippen molar-refractivity contribution in [2.75, 3.05) is 7.11 Å². The van der Waals surface area contributed by atoms with Gasteiger partial charge in [0.05, 0.1) is 7.11 Å². The van der Waals surface area contributed by atoms with Gasteiger partial charge in [0.25, 0.3) is 0 Å². The van der Waals surface area contributed by atoms with Crippen LogP contribution in [0.3, 0.4) is 0 Å². The SMILES string of the molecule is C=CCC(I)(/N=C/c1ccccc1)C(=O)OC. The first-order chi connectivity index (χ1) is 8.12. The number of halogens is 1. The quantitative estimate of drug-likeness (QED) is 0.206. The van der Waals surface area contributed by atoms with E-state index in [9.17, 15) is 4.79 Å². The van der Waals surface area contributed by atoms with Crippen molar-refractivity contribution >= 4 is 34.8 Å². The molecule has 4 heteroatoms. The Bertz CT molecular complexity index is 417. The van der Waals surface area contributed by atoms with Gasteiger partial charge in [0.1, 0.15) is 0 Å². The van der Waals surface area contributed by atoms with Gasteiger partial charge in [-0.1, -0.05) is 36.4 Å². The van der Waals surface area contributed by atoms with Gasteiger partial charge in [-0.3, -0.25) is 4.99 Å². The zero-order chi connectivity index (χ0) is 12.7. The Morgan fingerprint density at radius 3 is 2.71 bits per heavy atom. The molecular formula is C13H14INO2. The van der Waals surface area contributed by atoms with Gasteiger partial charge in [-0.15, -0.1) is 6.58 Å². The second-order valence-corrected chi connectivity index (χ2v) is 5.20. The summed E-state index contributed by atoms with van der Waals surface area (Å²) in [7, 11) is 1.36. The summed E-state index contributed by atoms with van der Waals surface area (Å²) in [5.41, 5.74) is 0.946. The van der Waals surface area contributed by atoms with E-state index in [-0.39, 0.29) is 5.97 Å². The lowest BCUT2D eigenvalue weighted by atomic mass is 10.2. The van der Waals surface area contributed by atoms with E-state index in [1.807, 2.05) is 52.9 Å². The fourth-order valence-electron chi connectivity index (χ4n) is 1.25. The van der Waals surface area contributed by atoms with Crippen LogP contribution in [0.15, 0.2) is 48.0 Å². The van der Waals surface area contributed by atoms with Gasteiger partial charge in [0, 0.05) is 12.6 Å². The van der Waals surface area contributed by atoms with Gasteiger partial charge < -0.3 is 4.74 Å². The number of hydrogen-bond donors (Lipinski definition) is 0. The molecule has 0 aliphatic carbocycles. The zero-order valence-electron chi connectivity index (χ0n) is 9.60. The molecule has 0 aromatic heterocycles. The maximum Gasteiger partial charge on any atom is 0.344 e. The molecule has 1 unspecified atom stereocenters. The first-order valence-corrected chi connectivity index (χ1v) is 6.19. The second-order valence-electron chi connectivity index (χ2n) is 3.41. The molecule has 90 valence electrons. The largest absolute Gasteiger partial charge is 0.467 e. The lowest BCUT2D eigenvalue weighted by Crippen LogP contribution is -2.30. The molecular weight excluding hydrogens is 329 g/mol. The van der Waals surface area contributed by atoms with Crippen LogP contribution in [-0.2, 0) is 9.53 Å². The van der Waals surface area contributed by atoms with Crippen LogP contribution in [0.1, 0.15) is 12.0 Å². The monoisotopic (exact) mass is 343 g/mol. The van der Waals surface area contributed by atoms with E-state index in [0.29, 0.717) is 6.42 Å². The molecule has 1 rings (SSSR count). The zero-order valence-corrected chi connectivity index (χ0v) is 11.8. The van der Waals surface area contributed by atoms with Crippen LogP contribution in [0, 0.1) is 0 Å². The first kappa shape index (κ1) is 13.9. The third kappa shape index (κ3) is 3.96. The summed E-state index contributed by atoms with van der Waals surface area (Å²) in [6.45, 7) is 3.63. The van der Waals surface area contributed by atoms with E-state index >= 15 is 0 Å². The Kier molecular flexibility index (Phi) is 5.34. The Labute approximate surface area is 115 Å². The van der Waals surface area contributed by atoms with Crippen molar-refractivity contribution in [1.82, 2.24) is 0 Å². The number of nitrogens with zero attached hydrogens (tertiary/aromatic N) is 1. The van der Waals surface area contributed by atoms with Crippen molar-refractivity contribution in [1.29, 1.82) is 0 Å². The highest BCUT2D eigenvalue weighted by atomic mass is 127. The minimum Gasteiger partial charge on any atom is -0.467 e. The molecule has 3 nitrogen and oxygen atoms in total. The number of benzene rings is 1. The van der Waals surface area contributed by atoms with Crippen LogP contribution in [-0.4, -0.2) is 22.8 Å². The number of alkyl halides is 1. The predicted octanol–water partition coefficient (Wildman–Crippen LogP) is 2.99. The fraction of sp³-hybridized carbons (Fsp3) is 0.231. The minimum atomic E-state index is -0.926. The Morgan fingerprint density at radius 2 is 2.18 bits per heavy atom. The van der Waals surface area contributed by atoms with Crippen molar-refractivity contribution in [3.05, 3.63) is 48.6 Å². The maximum absolute atomic E-state index is 11.7. The normalized spacial score (nSPS) is 14.2. The lowest BCUT2D eigenvalue weighted by Gasteiger charge is -2.18. The molecule has 0 N–H and O–H groups in total. The molecule has 0 heterocycles. The highest BCUT2D eigenvalue weighted by Crippen LogP contribution is 2.27. The van der Waals surface area contributed by atoms with Crippen molar-refractivity contribution < 1.29 is 9.53 Å². The van der Waals surface area contributed by atoms with E-state index in [1.54, 1.807) is 12.3 Å². The highest BCUT2D eigenvalue weighted by molar-refractivity contribution is 14.1.